The Morgan fingerprint density at radius 1 is 1.08 bits per heavy atom. The second-order valence-corrected chi connectivity index (χ2v) is 7.75. The van der Waals surface area contributed by atoms with Gasteiger partial charge in [-0.15, -0.1) is 10.2 Å². The molecule has 0 aliphatic carbocycles. The monoisotopic (exact) mass is 360 g/mol. The standard InChI is InChI=1S/C17H20N4O3S/c1-9-6-7-14(10(2)8-9)21-25(22,23)16-11(3)15(18-12(16)4)17-20-19-13(5)24-17/h6-8,18,21H,1-5H3. The van der Waals surface area contributed by atoms with Crippen molar-refractivity contribution in [2.75, 3.05) is 4.72 Å². The van der Waals surface area contributed by atoms with E-state index in [1.54, 1.807) is 26.8 Å². The Morgan fingerprint density at radius 3 is 2.40 bits per heavy atom. The third kappa shape index (κ3) is 3.17. The van der Waals surface area contributed by atoms with Crippen molar-refractivity contribution in [2.24, 2.45) is 0 Å². The summed E-state index contributed by atoms with van der Waals surface area (Å²) in [7, 11) is -3.76. The van der Waals surface area contributed by atoms with Crippen LogP contribution in [0.1, 0.15) is 28.3 Å². The fourth-order valence-corrected chi connectivity index (χ4v) is 4.45. The maximum absolute atomic E-state index is 12.9. The summed E-state index contributed by atoms with van der Waals surface area (Å²) in [5, 5.41) is 7.75. The molecule has 0 fully saturated rings. The molecule has 0 amide bonds. The molecular weight excluding hydrogens is 340 g/mol. The van der Waals surface area contributed by atoms with Crippen molar-refractivity contribution < 1.29 is 12.8 Å². The summed E-state index contributed by atoms with van der Waals surface area (Å²) in [4.78, 5) is 3.24. The van der Waals surface area contributed by atoms with Gasteiger partial charge in [-0.3, -0.25) is 4.72 Å². The highest BCUT2D eigenvalue weighted by Gasteiger charge is 2.26. The molecular formula is C17H20N4O3S. The van der Waals surface area contributed by atoms with Gasteiger partial charge in [0.05, 0.1) is 5.69 Å². The first-order valence-electron chi connectivity index (χ1n) is 7.79. The van der Waals surface area contributed by atoms with E-state index in [2.05, 4.69) is 19.9 Å². The molecule has 8 heteroatoms. The SMILES string of the molecule is Cc1ccc(NS(=O)(=O)c2c(C)[nH]c(-c3nnc(C)o3)c2C)c(C)c1. The van der Waals surface area contributed by atoms with Gasteiger partial charge >= 0.3 is 0 Å². The first kappa shape index (κ1) is 17.2. The van der Waals surface area contributed by atoms with Crippen molar-refractivity contribution in [1.82, 2.24) is 15.2 Å². The van der Waals surface area contributed by atoms with Crippen LogP contribution in [0.3, 0.4) is 0 Å². The Morgan fingerprint density at radius 2 is 1.80 bits per heavy atom. The molecule has 0 atom stereocenters. The second-order valence-electron chi connectivity index (χ2n) is 6.13. The van der Waals surface area contributed by atoms with Crippen LogP contribution in [0.2, 0.25) is 0 Å². The van der Waals surface area contributed by atoms with Crippen molar-refractivity contribution in [1.29, 1.82) is 0 Å². The van der Waals surface area contributed by atoms with Crippen molar-refractivity contribution in [2.45, 2.75) is 39.5 Å². The van der Waals surface area contributed by atoms with Gasteiger partial charge in [0.1, 0.15) is 10.6 Å². The van der Waals surface area contributed by atoms with Gasteiger partial charge in [-0.05, 0) is 39.3 Å². The minimum absolute atomic E-state index is 0.193. The Labute approximate surface area is 146 Å². The number of rotatable bonds is 4. The van der Waals surface area contributed by atoms with Crippen molar-refractivity contribution in [3.8, 4) is 11.6 Å². The number of benzene rings is 1. The van der Waals surface area contributed by atoms with Crippen LogP contribution in [-0.4, -0.2) is 23.6 Å². The summed E-state index contributed by atoms with van der Waals surface area (Å²) >= 11 is 0. The minimum Gasteiger partial charge on any atom is -0.420 e. The lowest BCUT2D eigenvalue weighted by atomic mass is 10.1. The number of nitrogens with one attached hydrogen (secondary N) is 2. The highest BCUT2D eigenvalue weighted by atomic mass is 32.2. The number of nitrogens with zero attached hydrogens (tertiary/aromatic N) is 2. The lowest BCUT2D eigenvalue weighted by Gasteiger charge is -2.12. The molecule has 2 heterocycles. The summed E-state index contributed by atoms with van der Waals surface area (Å²) in [6, 6.07) is 5.57. The quantitative estimate of drug-likeness (QED) is 0.742. The van der Waals surface area contributed by atoms with E-state index >= 15 is 0 Å². The first-order chi connectivity index (χ1) is 11.7. The van der Waals surface area contributed by atoms with E-state index in [4.69, 9.17) is 4.42 Å². The van der Waals surface area contributed by atoms with Crippen molar-refractivity contribution in [3.63, 3.8) is 0 Å². The third-order valence-corrected chi connectivity index (χ3v) is 5.64. The maximum atomic E-state index is 12.9. The molecule has 0 unspecified atom stereocenters. The van der Waals surface area contributed by atoms with E-state index in [0.29, 0.717) is 28.5 Å². The van der Waals surface area contributed by atoms with Gasteiger partial charge in [0.25, 0.3) is 15.9 Å². The summed E-state index contributed by atoms with van der Waals surface area (Å²) in [6.45, 7) is 8.94. The van der Waals surface area contributed by atoms with Crippen molar-refractivity contribution in [3.05, 3.63) is 46.5 Å². The highest BCUT2D eigenvalue weighted by molar-refractivity contribution is 7.92. The minimum atomic E-state index is -3.76. The molecule has 0 aliphatic rings. The predicted molar refractivity (Wildman–Crippen MR) is 95.0 cm³/mol. The number of hydrogen-bond acceptors (Lipinski definition) is 5. The summed E-state index contributed by atoms with van der Waals surface area (Å²) in [5.74, 6) is 0.686. The normalized spacial score (nSPS) is 11.7. The lowest BCUT2D eigenvalue weighted by molar-refractivity contribution is 0.531. The molecule has 0 saturated heterocycles. The van der Waals surface area contributed by atoms with E-state index in [-0.39, 0.29) is 10.8 Å². The summed E-state index contributed by atoms with van der Waals surface area (Å²) < 4.78 is 33.9. The van der Waals surface area contributed by atoms with E-state index < -0.39 is 10.0 Å². The second kappa shape index (κ2) is 6.03. The summed E-state index contributed by atoms with van der Waals surface area (Å²) in [5.41, 5.74) is 4.06. The lowest BCUT2D eigenvalue weighted by Crippen LogP contribution is -2.15. The van der Waals surface area contributed by atoms with Gasteiger partial charge in [0.15, 0.2) is 0 Å². The Hall–Kier alpha value is -2.61. The van der Waals surface area contributed by atoms with Crippen LogP contribution in [-0.2, 0) is 10.0 Å². The molecule has 3 rings (SSSR count). The number of anilines is 1. The van der Waals surface area contributed by atoms with E-state index in [0.717, 1.165) is 11.1 Å². The smallest absolute Gasteiger partial charge is 0.264 e. The Kier molecular flexibility index (Phi) is 4.16. The van der Waals surface area contributed by atoms with Gasteiger partial charge in [-0.1, -0.05) is 17.7 Å². The number of sulfonamides is 1. The predicted octanol–water partition coefficient (Wildman–Crippen LogP) is 3.41. The number of aryl methyl sites for hydroxylation is 4. The molecule has 0 saturated carbocycles. The zero-order valence-electron chi connectivity index (χ0n) is 14.8. The molecule has 25 heavy (non-hydrogen) atoms. The Balaban J connectivity index is 2.04. The molecule has 0 spiro atoms. The largest absolute Gasteiger partial charge is 0.420 e. The van der Waals surface area contributed by atoms with Gasteiger partial charge in [-0.25, -0.2) is 8.42 Å². The molecule has 7 nitrogen and oxygen atoms in total. The zero-order valence-corrected chi connectivity index (χ0v) is 15.6. The zero-order chi connectivity index (χ0) is 18.4. The van der Waals surface area contributed by atoms with Crippen LogP contribution < -0.4 is 4.72 Å². The molecule has 2 aromatic heterocycles. The van der Waals surface area contributed by atoms with Crippen LogP contribution in [0, 0.1) is 34.6 Å². The fourth-order valence-electron chi connectivity index (χ4n) is 2.87. The highest BCUT2D eigenvalue weighted by Crippen LogP contribution is 2.31. The number of aromatic nitrogens is 3. The van der Waals surface area contributed by atoms with Crippen LogP contribution in [0.15, 0.2) is 27.5 Å². The number of H-pyrrole nitrogens is 1. The molecule has 0 radical (unpaired) electrons. The van der Waals surface area contributed by atoms with Gasteiger partial charge in [0.2, 0.25) is 5.89 Å². The Bertz CT molecular complexity index is 1050. The van der Waals surface area contributed by atoms with E-state index in [1.165, 1.54) is 0 Å². The van der Waals surface area contributed by atoms with Gasteiger partial charge in [-0.2, -0.15) is 0 Å². The average Bonchev–Trinajstić information content (AvgIpc) is 3.05. The fraction of sp³-hybridized carbons (Fsp3) is 0.294. The van der Waals surface area contributed by atoms with E-state index in [1.807, 2.05) is 26.0 Å². The summed E-state index contributed by atoms with van der Waals surface area (Å²) in [6.07, 6.45) is 0. The van der Waals surface area contributed by atoms with Gasteiger partial charge < -0.3 is 9.40 Å². The van der Waals surface area contributed by atoms with Crippen LogP contribution in [0.5, 0.6) is 0 Å². The van der Waals surface area contributed by atoms with Crippen LogP contribution in [0.4, 0.5) is 5.69 Å². The van der Waals surface area contributed by atoms with Crippen LogP contribution in [0.25, 0.3) is 11.6 Å². The molecule has 2 N–H and O–H groups in total. The molecule has 0 aliphatic heterocycles. The van der Waals surface area contributed by atoms with Crippen LogP contribution >= 0.6 is 0 Å². The molecule has 132 valence electrons. The molecule has 3 aromatic rings. The van der Waals surface area contributed by atoms with Gasteiger partial charge in [0, 0.05) is 18.2 Å². The number of aromatic amines is 1. The molecule has 1 aromatic carbocycles. The topological polar surface area (TPSA) is 101 Å². The van der Waals surface area contributed by atoms with E-state index in [9.17, 15) is 8.42 Å². The van der Waals surface area contributed by atoms with Crippen molar-refractivity contribution >= 4 is 15.7 Å². The third-order valence-electron chi connectivity index (χ3n) is 4.00. The first-order valence-corrected chi connectivity index (χ1v) is 9.27. The average molecular weight is 360 g/mol. The maximum Gasteiger partial charge on any atom is 0.264 e. The number of hydrogen-bond donors (Lipinski definition) is 2. The molecule has 0 bridgehead atoms.